The molecule has 0 saturated carbocycles. The number of phenols is 1. The van der Waals surface area contributed by atoms with Gasteiger partial charge in [0, 0.05) is 23.2 Å². The van der Waals surface area contributed by atoms with Gasteiger partial charge < -0.3 is 30.2 Å². The summed E-state index contributed by atoms with van der Waals surface area (Å²) in [4.78, 5) is -0.656. The summed E-state index contributed by atoms with van der Waals surface area (Å²) in [6.07, 6.45) is 0. The number of benzene rings is 4. The first-order valence-corrected chi connectivity index (χ1v) is 13.0. The minimum Gasteiger partial charge on any atom is -0.505 e. The Morgan fingerprint density at radius 1 is 0.850 bits per heavy atom. The SMILES string of the molecule is COc1cc(N=Nc2c(S(=O)(=O)O)cc3cc(N)ccc3c2O)c(OC)cc1N=Nc1ccc(OCCO)cc1. The van der Waals surface area contributed by atoms with Crippen molar-refractivity contribution in [2.45, 2.75) is 4.90 Å². The molecule has 0 aliphatic rings. The molecule has 0 aliphatic carbocycles. The fourth-order valence-electron chi connectivity index (χ4n) is 3.67. The molecule has 4 aromatic rings. The lowest BCUT2D eigenvalue weighted by Crippen LogP contribution is -2.00. The number of phenolic OH excluding ortho intramolecular Hbond substituents is 1. The number of aliphatic hydroxyl groups excluding tert-OH is 1. The number of methoxy groups -OCH3 is 2. The molecule has 0 aliphatic heterocycles. The Balaban J connectivity index is 1.71. The highest BCUT2D eigenvalue weighted by Gasteiger charge is 2.22. The van der Waals surface area contributed by atoms with Gasteiger partial charge in [-0.1, -0.05) is 0 Å². The number of anilines is 1. The Morgan fingerprint density at radius 3 is 2.05 bits per heavy atom. The molecule has 0 heterocycles. The minimum absolute atomic E-state index is 0.0979. The molecular weight excluding hydrogens is 542 g/mol. The summed E-state index contributed by atoms with van der Waals surface area (Å²) in [5, 5.41) is 36.6. The second-order valence-electron chi connectivity index (χ2n) is 8.19. The van der Waals surface area contributed by atoms with Crippen molar-refractivity contribution in [1.82, 2.24) is 0 Å². The minimum atomic E-state index is -4.80. The lowest BCUT2D eigenvalue weighted by Gasteiger charge is -2.11. The number of aliphatic hydroxyl groups is 1. The largest absolute Gasteiger partial charge is 0.505 e. The van der Waals surface area contributed by atoms with Crippen LogP contribution in [-0.2, 0) is 10.1 Å². The van der Waals surface area contributed by atoms with Crippen molar-refractivity contribution in [3.63, 3.8) is 0 Å². The molecule has 0 bridgehead atoms. The number of aromatic hydroxyl groups is 1. The van der Waals surface area contributed by atoms with Crippen LogP contribution in [0.2, 0.25) is 0 Å². The molecule has 5 N–H and O–H groups in total. The summed E-state index contributed by atoms with van der Waals surface area (Å²) in [7, 11) is -2.01. The third kappa shape index (κ3) is 6.26. The van der Waals surface area contributed by atoms with E-state index < -0.39 is 26.5 Å². The summed E-state index contributed by atoms with van der Waals surface area (Å²) in [5.74, 6) is 0.487. The van der Waals surface area contributed by atoms with E-state index in [9.17, 15) is 18.1 Å². The monoisotopic (exact) mass is 567 g/mol. The predicted octanol–water partition coefficient (Wildman–Crippen LogP) is 5.59. The van der Waals surface area contributed by atoms with Crippen LogP contribution in [-0.4, -0.2) is 50.6 Å². The molecule has 208 valence electrons. The van der Waals surface area contributed by atoms with Crippen LogP contribution in [0.5, 0.6) is 23.0 Å². The molecule has 4 aromatic carbocycles. The smallest absolute Gasteiger partial charge is 0.296 e. The molecular formula is C26H25N5O8S. The second kappa shape index (κ2) is 11.9. The van der Waals surface area contributed by atoms with Crippen LogP contribution in [0.1, 0.15) is 0 Å². The topological polar surface area (TPSA) is 198 Å². The first kappa shape index (κ1) is 28.2. The van der Waals surface area contributed by atoms with Crippen molar-refractivity contribution in [1.29, 1.82) is 0 Å². The van der Waals surface area contributed by atoms with Crippen LogP contribution in [0.25, 0.3) is 10.8 Å². The molecule has 4 rings (SSSR count). The summed E-state index contributed by atoms with van der Waals surface area (Å²) in [6.45, 7) is 0.0770. The molecule has 40 heavy (non-hydrogen) atoms. The van der Waals surface area contributed by atoms with Gasteiger partial charge in [-0.25, -0.2) is 0 Å². The lowest BCUT2D eigenvalue weighted by atomic mass is 10.1. The highest BCUT2D eigenvalue weighted by atomic mass is 32.2. The van der Waals surface area contributed by atoms with E-state index in [0.717, 1.165) is 6.07 Å². The average molecular weight is 568 g/mol. The Labute approximate surface area is 228 Å². The van der Waals surface area contributed by atoms with Crippen LogP contribution >= 0.6 is 0 Å². The van der Waals surface area contributed by atoms with Crippen molar-refractivity contribution in [3.05, 3.63) is 60.7 Å². The summed E-state index contributed by atoms with van der Waals surface area (Å²) >= 11 is 0. The molecule has 0 atom stereocenters. The van der Waals surface area contributed by atoms with Gasteiger partial charge in [-0.2, -0.15) is 13.5 Å². The zero-order chi connectivity index (χ0) is 28.9. The van der Waals surface area contributed by atoms with Crippen LogP contribution in [0.15, 0.2) is 86.0 Å². The maximum atomic E-state index is 12.1. The number of ether oxygens (including phenoxy) is 3. The van der Waals surface area contributed by atoms with Crippen LogP contribution in [0.4, 0.5) is 28.4 Å². The first-order chi connectivity index (χ1) is 19.1. The van der Waals surface area contributed by atoms with Gasteiger partial charge in [0.1, 0.15) is 45.8 Å². The number of nitrogens with zero attached hydrogens (tertiary/aromatic N) is 4. The fourth-order valence-corrected chi connectivity index (χ4v) is 4.33. The maximum absolute atomic E-state index is 12.1. The number of hydrogen-bond acceptors (Lipinski definition) is 12. The lowest BCUT2D eigenvalue weighted by molar-refractivity contribution is 0.201. The van der Waals surface area contributed by atoms with Crippen molar-refractivity contribution in [2.75, 3.05) is 33.2 Å². The molecule has 0 spiro atoms. The van der Waals surface area contributed by atoms with E-state index in [2.05, 4.69) is 20.5 Å². The average Bonchev–Trinajstić information content (AvgIpc) is 2.94. The van der Waals surface area contributed by atoms with E-state index in [4.69, 9.17) is 25.1 Å². The Kier molecular flexibility index (Phi) is 8.43. The molecule has 0 saturated heterocycles. The van der Waals surface area contributed by atoms with Gasteiger partial charge in [0.05, 0.1) is 26.5 Å². The molecule has 0 aromatic heterocycles. The number of fused-ring (bicyclic) bond motifs is 1. The normalized spacial score (nSPS) is 11.9. The van der Waals surface area contributed by atoms with Crippen LogP contribution in [0.3, 0.4) is 0 Å². The van der Waals surface area contributed by atoms with Gasteiger partial charge in [-0.3, -0.25) is 4.55 Å². The highest BCUT2D eigenvalue weighted by Crippen LogP contribution is 2.44. The zero-order valence-electron chi connectivity index (χ0n) is 21.3. The Bertz CT molecular complexity index is 1710. The zero-order valence-corrected chi connectivity index (χ0v) is 22.2. The van der Waals surface area contributed by atoms with Crippen molar-refractivity contribution in [2.24, 2.45) is 20.5 Å². The van der Waals surface area contributed by atoms with E-state index in [1.54, 1.807) is 24.3 Å². The number of azo groups is 2. The molecule has 0 amide bonds. The van der Waals surface area contributed by atoms with E-state index in [1.165, 1.54) is 44.6 Å². The van der Waals surface area contributed by atoms with Gasteiger partial charge in [0.15, 0.2) is 5.75 Å². The number of nitrogen functional groups attached to an aromatic ring is 1. The predicted molar refractivity (Wildman–Crippen MR) is 147 cm³/mol. The number of nitrogens with two attached hydrogens (primary N) is 1. The van der Waals surface area contributed by atoms with Gasteiger partial charge in [-0.15, -0.1) is 15.3 Å². The Hall–Kier alpha value is -4.79. The molecule has 0 radical (unpaired) electrons. The Morgan fingerprint density at radius 2 is 1.48 bits per heavy atom. The number of hydrogen-bond donors (Lipinski definition) is 4. The molecule has 0 unspecified atom stereocenters. The summed E-state index contributed by atoms with van der Waals surface area (Å²) < 4.78 is 50.1. The third-order valence-electron chi connectivity index (χ3n) is 5.56. The number of rotatable bonds is 10. The standard InChI is InChI=1S/C26H25N5O8S/c1-37-22-14-21(23(38-2)13-20(22)29-28-17-4-6-18(7-5-17)39-10-9-32)30-31-25-24(40(34,35)36)12-15-11-16(27)3-8-19(15)26(25)33/h3-8,11-14,32-33H,9-10,27H2,1-2H3,(H,34,35,36). The molecule has 14 heteroatoms. The summed E-state index contributed by atoms with van der Waals surface area (Å²) in [5.41, 5.74) is 6.55. The van der Waals surface area contributed by atoms with Gasteiger partial charge in [-0.05, 0) is 53.9 Å². The van der Waals surface area contributed by atoms with Crippen molar-refractivity contribution >= 4 is 49.3 Å². The summed E-state index contributed by atoms with van der Waals surface area (Å²) in [6, 6.07) is 15.3. The maximum Gasteiger partial charge on any atom is 0.296 e. The van der Waals surface area contributed by atoms with Gasteiger partial charge >= 0.3 is 0 Å². The van der Waals surface area contributed by atoms with E-state index >= 15 is 0 Å². The van der Waals surface area contributed by atoms with E-state index in [0.29, 0.717) is 22.8 Å². The van der Waals surface area contributed by atoms with Crippen molar-refractivity contribution in [3.8, 4) is 23.0 Å². The van der Waals surface area contributed by atoms with Gasteiger partial charge in [0.2, 0.25) is 0 Å². The highest BCUT2D eigenvalue weighted by molar-refractivity contribution is 7.86. The fraction of sp³-hybridized carbons (Fsp3) is 0.154. The van der Waals surface area contributed by atoms with Gasteiger partial charge in [0.25, 0.3) is 10.1 Å². The van der Waals surface area contributed by atoms with E-state index in [-0.39, 0.29) is 41.2 Å². The van der Waals surface area contributed by atoms with E-state index in [1.807, 2.05) is 0 Å². The first-order valence-electron chi connectivity index (χ1n) is 11.6. The second-order valence-corrected chi connectivity index (χ2v) is 9.58. The van der Waals surface area contributed by atoms with Crippen LogP contribution < -0.4 is 19.9 Å². The third-order valence-corrected chi connectivity index (χ3v) is 6.43. The van der Waals surface area contributed by atoms with Crippen molar-refractivity contribution < 1.29 is 37.4 Å². The van der Waals surface area contributed by atoms with Crippen LogP contribution in [0, 0.1) is 0 Å². The molecule has 0 fully saturated rings. The quantitative estimate of drug-likeness (QED) is 0.107. The molecule has 13 nitrogen and oxygen atoms in total.